The van der Waals surface area contributed by atoms with Crippen LogP contribution in [-0.2, 0) is 14.8 Å². The van der Waals surface area contributed by atoms with E-state index in [0.717, 1.165) is 4.31 Å². The lowest BCUT2D eigenvalue weighted by molar-refractivity contribution is -0.134. The SMILES string of the molecule is CCC1CN(S(=O)(=O)CCCC(F)(F)F)CCC1=O. The molecule has 1 unspecified atom stereocenters. The average molecular weight is 301 g/mol. The summed E-state index contributed by atoms with van der Waals surface area (Å²) in [7, 11) is -3.69. The molecular formula is C11H18F3NO3S. The molecule has 0 aromatic rings. The summed E-state index contributed by atoms with van der Waals surface area (Å²) in [5.74, 6) is -0.813. The van der Waals surface area contributed by atoms with Gasteiger partial charge in [-0.1, -0.05) is 6.92 Å². The van der Waals surface area contributed by atoms with E-state index in [1.165, 1.54) is 0 Å². The number of halogens is 3. The first kappa shape index (κ1) is 16.4. The molecule has 4 nitrogen and oxygen atoms in total. The Morgan fingerprint density at radius 3 is 2.53 bits per heavy atom. The fraction of sp³-hybridized carbons (Fsp3) is 0.909. The molecule has 0 aromatic heterocycles. The van der Waals surface area contributed by atoms with Gasteiger partial charge in [0, 0.05) is 31.8 Å². The summed E-state index contributed by atoms with van der Waals surface area (Å²) >= 11 is 0. The van der Waals surface area contributed by atoms with Gasteiger partial charge in [0.05, 0.1) is 5.75 Å². The van der Waals surface area contributed by atoms with E-state index < -0.39 is 34.8 Å². The number of piperidine rings is 1. The first-order valence-electron chi connectivity index (χ1n) is 6.23. The van der Waals surface area contributed by atoms with Crippen LogP contribution in [0.15, 0.2) is 0 Å². The summed E-state index contributed by atoms with van der Waals surface area (Å²) in [6.45, 7) is 1.98. The maximum atomic E-state index is 12.0. The molecule has 112 valence electrons. The van der Waals surface area contributed by atoms with Crippen LogP contribution in [0.3, 0.4) is 0 Å². The Bertz CT molecular complexity index is 419. The molecule has 1 saturated heterocycles. The molecule has 1 aliphatic heterocycles. The van der Waals surface area contributed by atoms with Gasteiger partial charge in [0.25, 0.3) is 0 Å². The van der Waals surface area contributed by atoms with Gasteiger partial charge in [-0.3, -0.25) is 4.79 Å². The van der Waals surface area contributed by atoms with Crippen molar-refractivity contribution in [3.8, 4) is 0 Å². The van der Waals surface area contributed by atoms with E-state index in [4.69, 9.17) is 0 Å². The minimum Gasteiger partial charge on any atom is -0.299 e. The van der Waals surface area contributed by atoms with Crippen LogP contribution in [0.5, 0.6) is 0 Å². The first-order valence-corrected chi connectivity index (χ1v) is 7.84. The van der Waals surface area contributed by atoms with Gasteiger partial charge < -0.3 is 0 Å². The highest BCUT2D eigenvalue weighted by atomic mass is 32.2. The van der Waals surface area contributed by atoms with Gasteiger partial charge in [-0.2, -0.15) is 13.2 Å². The zero-order valence-corrected chi connectivity index (χ0v) is 11.6. The molecule has 1 rings (SSSR count). The highest BCUT2D eigenvalue weighted by Crippen LogP contribution is 2.23. The molecule has 1 aliphatic rings. The van der Waals surface area contributed by atoms with Gasteiger partial charge in [0.15, 0.2) is 0 Å². The van der Waals surface area contributed by atoms with E-state index in [0.29, 0.717) is 6.42 Å². The Morgan fingerprint density at radius 2 is 2.00 bits per heavy atom. The van der Waals surface area contributed by atoms with Crippen molar-refractivity contribution in [1.29, 1.82) is 0 Å². The standard InChI is InChI=1S/C11H18F3NO3S/c1-2-9-8-15(6-4-10(9)16)19(17,18)7-3-5-11(12,13)14/h9H,2-8H2,1H3. The van der Waals surface area contributed by atoms with E-state index >= 15 is 0 Å². The maximum absolute atomic E-state index is 12.0. The Hall–Kier alpha value is -0.630. The van der Waals surface area contributed by atoms with E-state index in [2.05, 4.69) is 0 Å². The predicted molar refractivity (Wildman–Crippen MR) is 64.1 cm³/mol. The van der Waals surface area contributed by atoms with Crippen molar-refractivity contribution in [2.24, 2.45) is 5.92 Å². The molecular weight excluding hydrogens is 283 g/mol. The summed E-state index contributed by atoms with van der Waals surface area (Å²) in [6.07, 6.45) is -5.17. The van der Waals surface area contributed by atoms with Crippen LogP contribution < -0.4 is 0 Å². The Kier molecular flexibility index (Phi) is 5.37. The molecule has 19 heavy (non-hydrogen) atoms. The number of carbonyl (C=O) groups excluding carboxylic acids is 1. The molecule has 0 radical (unpaired) electrons. The Morgan fingerprint density at radius 1 is 1.37 bits per heavy atom. The van der Waals surface area contributed by atoms with Crippen LogP contribution >= 0.6 is 0 Å². The fourth-order valence-electron chi connectivity index (χ4n) is 2.07. The van der Waals surface area contributed by atoms with Gasteiger partial charge in [-0.05, 0) is 12.8 Å². The quantitative estimate of drug-likeness (QED) is 0.780. The highest BCUT2D eigenvalue weighted by molar-refractivity contribution is 7.89. The summed E-state index contributed by atoms with van der Waals surface area (Å²) in [4.78, 5) is 11.5. The molecule has 0 aromatic carbocycles. The second-order valence-corrected chi connectivity index (χ2v) is 6.80. The van der Waals surface area contributed by atoms with Crippen molar-refractivity contribution < 1.29 is 26.4 Å². The van der Waals surface area contributed by atoms with E-state index in [1.54, 1.807) is 6.92 Å². The monoisotopic (exact) mass is 301 g/mol. The summed E-state index contributed by atoms with van der Waals surface area (Å²) in [5.41, 5.74) is 0. The third-order valence-electron chi connectivity index (χ3n) is 3.24. The summed E-state index contributed by atoms with van der Waals surface area (Å²) in [5, 5.41) is 0. The number of sulfonamides is 1. The lowest BCUT2D eigenvalue weighted by Gasteiger charge is -2.30. The molecule has 1 atom stereocenters. The molecule has 1 heterocycles. The molecule has 0 aliphatic carbocycles. The van der Waals surface area contributed by atoms with Crippen LogP contribution in [0.4, 0.5) is 13.2 Å². The van der Waals surface area contributed by atoms with Crippen LogP contribution in [0.2, 0.25) is 0 Å². The van der Waals surface area contributed by atoms with Crippen molar-refractivity contribution >= 4 is 15.8 Å². The van der Waals surface area contributed by atoms with Crippen molar-refractivity contribution in [3.05, 3.63) is 0 Å². The van der Waals surface area contributed by atoms with Crippen molar-refractivity contribution in [3.63, 3.8) is 0 Å². The minimum atomic E-state index is -4.33. The summed E-state index contributed by atoms with van der Waals surface area (Å²) < 4.78 is 60.9. The first-order chi connectivity index (χ1) is 8.65. The Labute approximate surface area is 111 Å². The van der Waals surface area contributed by atoms with Crippen molar-refractivity contribution in [1.82, 2.24) is 4.31 Å². The molecule has 8 heteroatoms. The van der Waals surface area contributed by atoms with E-state index in [1.807, 2.05) is 0 Å². The van der Waals surface area contributed by atoms with E-state index in [-0.39, 0.29) is 31.2 Å². The van der Waals surface area contributed by atoms with Gasteiger partial charge in [0.1, 0.15) is 5.78 Å². The van der Waals surface area contributed by atoms with Gasteiger partial charge in [-0.15, -0.1) is 0 Å². The second-order valence-electron chi connectivity index (χ2n) is 4.71. The van der Waals surface area contributed by atoms with Crippen LogP contribution in [-0.4, -0.2) is 43.5 Å². The van der Waals surface area contributed by atoms with Gasteiger partial charge >= 0.3 is 6.18 Å². The normalized spacial score (nSPS) is 22.7. The summed E-state index contributed by atoms with van der Waals surface area (Å²) in [6, 6.07) is 0. The average Bonchev–Trinajstić information content (AvgIpc) is 2.27. The van der Waals surface area contributed by atoms with Crippen LogP contribution in [0, 0.1) is 5.92 Å². The lowest BCUT2D eigenvalue weighted by Crippen LogP contribution is -2.44. The number of nitrogens with zero attached hydrogens (tertiary/aromatic N) is 1. The third-order valence-corrected chi connectivity index (χ3v) is 5.16. The van der Waals surface area contributed by atoms with Crippen molar-refractivity contribution in [2.75, 3.05) is 18.8 Å². The number of carbonyl (C=O) groups is 1. The predicted octanol–water partition coefficient (Wildman–Crippen LogP) is 1.96. The molecule has 0 spiro atoms. The lowest BCUT2D eigenvalue weighted by atomic mass is 9.96. The number of hydrogen-bond acceptors (Lipinski definition) is 3. The maximum Gasteiger partial charge on any atom is 0.389 e. The number of rotatable bonds is 5. The number of Topliss-reactive ketones (excluding diaryl/α,β-unsaturated/α-hetero) is 1. The zero-order chi connectivity index (χ0) is 14.7. The van der Waals surface area contributed by atoms with Gasteiger partial charge in [0.2, 0.25) is 10.0 Å². The van der Waals surface area contributed by atoms with Crippen molar-refractivity contribution in [2.45, 2.75) is 38.8 Å². The Balaban J connectivity index is 2.55. The van der Waals surface area contributed by atoms with E-state index in [9.17, 15) is 26.4 Å². The molecule has 0 bridgehead atoms. The number of hydrogen-bond donors (Lipinski definition) is 0. The highest BCUT2D eigenvalue weighted by Gasteiger charge is 2.33. The second kappa shape index (κ2) is 6.21. The molecule has 0 N–H and O–H groups in total. The smallest absolute Gasteiger partial charge is 0.299 e. The fourth-order valence-corrected chi connectivity index (χ4v) is 3.62. The molecule has 0 amide bonds. The number of alkyl halides is 3. The van der Waals surface area contributed by atoms with Crippen LogP contribution in [0.1, 0.15) is 32.6 Å². The largest absolute Gasteiger partial charge is 0.389 e. The number of ketones is 1. The van der Waals surface area contributed by atoms with Gasteiger partial charge in [-0.25, -0.2) is 12.7 Å². The molecule has 1 fully saturated rings. The minimum absolute atomic E-state index is 0.0317. The zero-order valence-electron chi connectivity index (χ0n) is 10.7. The third kappa shape index (κ3) is 5.10. The topological polar surface area (TPSA) is 54.5 Å². The van der Waals surface area contributed by atoms with Crippen LogP contribution in [0.25, 0.3) is 0 Å². The molecule has 0 saturated carbocycles.